The smallest absolute Gasteiger partial charge is 0.250 e. The van der Waals surface area contributed by atoms with Crippen LogP contribution >= 0.6 is 12.4 Å². The highest BCUT2D eigenvalue weighted by molar-refractivity contribution is 6.03. The molecule has 0 bridgehead atoms. The van der Waals surface area contributed by atoms with Crippen LogP contribution in [-0.2, 0) is 4.79 Å². The zero-order chi connectivity index (χ0) is 17.0. The second kappa shape index (κ2) is 8.89. The molecule has 1 aliphatic heterocycles. The first-order valence-electron chi connectivity index (χ1n) is 7.95. The molecule has 2 rings (SSSR count). The SMILES string of the molecule is COc1ccc(NC(=O)C2CCN(C(C)C)CC2)c(C(N)=O)c1.Cl. The Bertz CT molecular complexity index is 584. The zero-order valence-corrected chi connectivity index (χ0v) is 15.2. The van der Waals surface area contributed by atoms with Crippen molar-refractivity contribution in [2.45, 2.75) is 32.7 Å². The molecule has 1 aliphatic rings. The van der Waals surface area contributed by atoms with Gasteiger partial charge in [-0.25, -0.2) is 0 Å². The van der Waals surface area contributed by atoms with Crippen LogP contribution in [0, 0.1) is 5.92 Å². The second-order valence-electron chi connectivity index (χ2n) is 6.17. The second-order valence-corrected chi connectivity index (χ2v) is 6.17. The van der Waals surface area contributed by atoms with Gasteiger partial charge in [0.2, 0.25) is 5.91 Å². The van der Waals surface area contributed by atoms with E-state index in [4.69, 9.17) is 10.5 Å². The van der Waals surface area contributed by atoms with Gasteiger partial charge in [-0.1, -0.05) is 0 Å². The Morgan fingerprint density at radius 3 is 2.42 bits per heavy atom. The van der Waals surface area contributed by atoms with Gasteiger partial charge in [-0.3, -0.25) is 9.59 Å². The third-order valence-electron chi connectivity index (χ3n) is 4.38. The molecule has 134 valence electrons. The summed E-state index contributed by atoms with van der Waals surface area (Å²) >= 11 is 0. The molecule has 3 N–H and O–H groups in total. The average molecular weight is 356 g/mol. The lowest BCUT2D eigenvalue weighted by molar-refractivity contribution is -0.121. The molecule has 0 aliphatic carbocycles. The number of amides is 2. The van der Waals surface area contributed by atoms with E-state index in [1.807, 2.05) is 0 Å². The summed E-state index contributed by atoms with van der Waals surface area (Å²) in [4.78, 5) is 26.4. The summed E-state index contributed by atoms with van der Waals surface area (Å²) in [6.07, 6.45) is 1.65. The van der Waals surface area contributed by atoms with Gasteiger partial charge in [-0.05, 0) is 58.0 Å². The number of methoxy groups -OCH3 is 1. The molecule has 1 saturated heterocycles. The van der Waals surface area contributed by atoms with E-state index in [0.29, 0.717) is 17.5 Å². The number of benzene rings is 1. The van der Waals surface area contributed by atoms with Crippen LogP contribution in [0.3, 0.4) is 0 Å². The molecule has 1 aromatic carbocycles. The highest BCUT2D eigenvalue weighted by atomic mass is 35.5. The maximum absolute atomic E-state index is 12.5. The highest BCUT2D eigenvalue weighted by Crippen LogP contribution is 2.25. The van der Waals surface area contributed by atoms with Crippen molar-refractivity contribution in [1.29, 1.82) is 0 Å². The van der Waals surface area contributed by atoms with Crippen LogP contribution in [0.15, 0.2) is 18.2 Å². The van der Waals surface area contributed by atoms with Crippen molar-refractivity contribution in [2.75, 3.05) is 25.5 Å². The van der Waals surface area contributed by atoms with Crippen LogP contribution in [-0.4, -0.2) is 43.0 Å². The van der Waals surface area contributed by atoms with Crippen LogP contribution in [0.25, 0.3) is 0 Å². The molecule has 0 radical (unpaired) electrons. The molecule has 0 spiro atoms. The Hall–Kier alpha value is -1.79. The number of piperidine rings is 1. The molecule has 1 fully saturated rings. The van der Waals surface area contributed by atoms with Gasteiger partial charge >= 0.3 is 0 Å². The number of rotatable bonds is 5. The van der Waals surface area contributed by atoms with E-state index in [1.165, 1.54) is 7.11 Å². The zero-order valence-electron chi connectivity index (χ0n) is 14.4. The van der Waals surface area contributed by atoms with Gasteiger partial charge in [-0.15, -0.1) is 12.4 Å². The van der Waals surface area contributed by atoms with Gasteiger partial charge in [-0.2, -0.15) is 0 Å². The van der Waals surface area contributed by atoms with E-state index in [1.54, 1.807) is 18.2 Å². The summed E-state index contributed by atoms with van der Waals surface area (Å²) in [6, 6.07) is 5.39. The summed E-state index contributed by atoms with van der Waals surface area (Å²) in [5.74, 6) is -0.148. The molecule has 0 unspecified atom stereocenters. The van der Waals surface area contributed by atoms with E-state index in [2.05, 4.69) is 24.1 Å². The predicted molar refractivity (Wildman–Crippen MR) is 96.8 cm³/mol. The van der Waals surface area contributed by atoms with Crippen molar-refractivity contribution in [3.63, 3.8) is 0 Å². The lowest BCUT2D eigenvalue weighted by Gasteiger charge is -2.34. The van der Waals surface area contributed by atoms with E-state index in [-0.39, 0.29) is 29.8 Å². The number of carbonyl (C=O) groups is 2. The molecule has 1 heterocycles. The molecule has 7 heteroatoms. The monoisotopic (exact) mass is 355 g/mol. The van der Waals surface area contributed by atoms with E-state index >= 15 is 0 Å². The quantitative estimate of drug-likeness (QED) is 0.848. The Labute approximate surface area is 149 Å². The third kappa shape index (κ3) is 4.85. The average Bonchev–Trinajstić information content (AvgIpc) is 2.55. The summed E-state index contributed by atoms with van der Waals surface area (Å²) in [5, 5.41) is 2.84. The number of halogens is 1. The fraction of sp³-hybridized carbons (Fsp3) is 0.529. The van der Waals surface area contributed by atoms with Gasteiger partial charge in [0.25, 0.3) is 5.91 Å². The first-order valence-corrected chi connectivity index (χ1v) is 7.95. The minimum absolute atomic E-state index is 0. The number of primary amides is 1. The highest BCUT2D eigenvalue weighted by Gasteiger charge is 2.26. The molecular formula is C17H26ClN3O3. The Morgan fingerprint density at radius 2 is 1.92 bits per heavy atom. The molecule has 0 saturated carbocycles. The van der Waals surface area contributed by atoms with Crippen molar-refractivity contribution < 1.29 is 14.3 Å². The van der Waals surface area contributed by atoms with Gasteiger partial charge in [0.15, 0.2) is 0 Å². The Morgan fingerprint density at radius 1 is 1.29 bits per heavy atom. The van der Waals surface area contributed by atoms with Crippen LogP contribution in [0.2, 0.25) is 0 Å². The molecule has 0 atom stereocenters. The van der Waals surface area contributed by atoms with Gasteiger partial charge in [0, 0.05) is 12.0 Å². The van der Waals surface area contributed by atoms with Crippen LogP contribution < -0.4 is 15.8 Å². The van der Waals surface area contributed by atoms with Gasteiger partial charge in [0.05, 0.1) is 18.4 Å². The summed E-state index contributed by atoms with van der Waals surface area (Å²) in [5.41, 5.74) is 6.09. The Kier molecular flexibility index (Phi) is 7.51. The number of anilines is 1. The number of carbonyl (C=O) groups excluding carboxylic acids is 2. The van der Waals surface area contributed by atoms with Crippen molar-refractivity contribution in [2.24, 2.45) is 11.7 Å². The molecule has 0 aromatic heterocycles. The van der Waals surface area contributed by atoms with Gasteiger partial charge < -0.3 is 20.7 Å². The van der Waals surface area contributed by atoms with Gasteiger partial charge in [0.1, 0.15) is 5.75 Å². The van der Waals surface area contributed by atoms with E-state index in [9.17, 15) is 9.59 Å². The fourth-order valence-electron chi connectivity index (χ4n) is 2.88. The number of nitrogens with two attached hydrogens (primary N) is 1. The van der Waals surface area contributed by atoms with Crippen LogP contribution in [0.4, 0.5) is 5.69 Å². The van der Waals surface area contributed by atoms with E-state index < -0.39 is 5.91 Å². The van der Waals surface area contributed by atoms with Crippen molar-refractivity contribution in [3.05, 3.63) is 23.8 Å². The first-order chi connectivity index (χ1) is 10.9. The minimum atomic E-state index is -0.589. The summed E-state index contributed by atoms with van der Waals surface area (Å²) in [7, 11) is 1.51. The van der Waals surface area contributed by atoms with Crippen LogP contribution in [0.1, 0.15) is 37.0 Å². The number of nitrogens with zero attached hydrogens (tertiary/aromatic N) is 1. The maximum atomic E-state index is 12.5. The first kappa shape index (κ1) is 20.3. The number of nitrogens with one attached hydrogen (secondary N) is 1. The summed E-state index contributed by atoms with van der Waals surface area (Å²) in [6.45, 7) is 6.16. The van der Waals surface area contributed by atoms with Crippen molar-refractivity contribution in [3.8, 4) is 5.75 Å². The largest absolute Gasteiger partial charge is 0.497 e. The number of likely N-dealkylation sites (tertiary alicyclic amines) is 1. The standard InChI is InChI=1S/C17H25N3O3.ClH/c1-11(2)20-8-6-12(7-9-20)17(22)19-15-5-4-13(23-3)10-14(15)16(18)21;/h4-5,10-12H,6-9H2,1-3H3,(H2,18,21)(H,19,22);1H. The van der Waals surface area contributed by atoms with E-state index in [0.717, 1.165) is 25.9 Å². The topological polar surface area (TPSA) is 84.7 Å². The predicted octanol–water partition coefficient (Wildman–Crippen LogP) is 2.27. The Balaban J connectivity index is 0.00000288. The lowest BCUT2D eigenvalue weighted by Crippen LogP contribution is -2.41. The lowest BCUT2D eigenvalue weighted by atomic mass is 9.95. The maximum Gasteiger partial charge on any atom is 0.250 e. The molecular weight excluding hydrogens is 330 g/mol. The number of ether oxygens (including phenoxy) is 1. The number of hydrogen-bond donors (Lipinski definition) is 2. The molecule has 2 amide bonds. The van der Waals surface area contributed by atoms with Crippen molar-refractivity contribution in [1.82, 2.24) is 4.90 Å². The fourth-order valence-corrected chi connectivity index (χ4v) is 2.88. The van der Waals surface area contributed by atoms with Crippen molar-refractivity contribution >= 4 is 29.9 Å². The normalized spacial score (nSPS) is 15.7. The minimum Gasteiger partial charge on any atom is -0.497 e. The summed E-state index contributed by atoms with van der Waals surface area (Å²) < 4.78 is 5.09. The van der Waals surface area contributed by atoms with Crippen LogP contribution in [0.5, 0.6) is 5.75 Å². The molecule has 24 heavy (non-hydrogen) atoms. The third-order valence-corrected chi connectivity index (χ3v) is 4.38. The molecule has 6 nitrogen and oxygen atoms in total. The molecule has 1 aromatic rings. The number of hydrogen-bond acceptors (Lipinski definition) is 4.